The van der Waals surface area contributed by atoms with Gasteiger partial charge >= 0.3 is 0 Å². The molecule has 2 amide bonds. The fourth-order valence-corrected chi connectivity index (χ4v) is 4.32. The maximum Gasteiger partial charge on any atom is 0.244 e. The number of benzene rings is 2. The van der Waals surface area contributed by atoms with E-state index in [-0.39, 0.29) is 18.5 Å². The van der Waals surface area contributed by atoms with Crippen LogP contribution in [0.1, 0.15) is 45.2 Å². The zero-order valence-corrected chi connectivity index (χ0v) is 22.0. The van der Waals surface area contributed by atoms with Gasteiger partial charge in [0.05, 0.1) is 11.9 Å². The summed E-state index contributed by atoms with van der Waals surface area (Å²) in [6.07, 6.45) is 2.63. The minimum absolute atomic E-state index is 0.0490. The van der Waals surface area contributed by atoms with Crippen LogP contribution in [0.4, 0.5) is 5.69 Å². The molecule has 0 aliphatic carbocycles. The molecule has 7 nitrogen and oxygen atoms in total. The lowest BCUT2D eigenvalue weighted by Gasteiger charge is -2.32. The molecule has 0 saturated carbocycles. The van der Waals surface area contributed by atoms with E-state index in [0.717, 1.165) is 34.5 Å². The van der Waals surface area contributed by atoms with Crippen molar-refractivity contribution >= 4 is 39.1 Å². The molecule has 0 bridgehead atoms. The lowest BCUT2D eigenvalue weighted by atomic mass is 10.1. The Hall–Kier alpha value is -2.58. The number of halogens is 1. The van der Waals surface area contributed by atoms with Gasteiger partial charge in [-0.3, -0.25) is 13.9 Å². The standard InChI is InChI=1S/C25H34ClN3O4S/c1-6-18(3)27-25(31)19(4)28(16-21-8-12-22(26)13-9-21)24(30)17-29(34(5,32)33)23-14-10-20(7-2)11-15-23/h8-15,18-19H,6-7,16-17H2,1-5H3,(H,27,31)/t18-,19+/m0/s1. The van der Waals surface area contributed by atoms with Crippen LogP contribution in [0.15, 0.2) is 48.5 Å². The van der Waals surface area contributed by atoms with E-state index in [1.165, 1.54) is 4.90 Å². The van der Waals surface area contributed by atoms with Crippen molar-refractivity contribution in [1.82, 2.24) is 10.2 Å². The second-order valence-electron chi connectivity index (χ2n) is 8.43. The van der Waals surface area contributed by atoms with Gasteiger partial charge in [-0.15, -0.1) is 0 Å². The van der Waals surface area contributed by atoms with Crippen molar-refractivity contribution in [1.29, 1.82) is 0 Å². The summed E-state index contributed by atoms with van der Waals surface area (Å²) in [4.78, 5) is 27.8. The number of hydrogen-bond acceptors (Lipinski definition) is 4. The quantitative estimate of drug-likeness (QED) is 0.498. The molecule has 186 valence electrons. The van der Waals surface area contributed by atoms with Gasteiger partial charge in [0, 0.05) is 17.6 Å². The Balaban J connectivity index is 2.36. The summed E-state index contributed by atoms with van der Waals surface area (Å²) in [5.41, 5.74) is 2.23. The molecule has 0 aromatic heterocycles. The number of aryl methyl sites for hydroxylation is 1. The minimum Gasteiger partial charge on any atom is -0.352 e. The molecule has 2 atom stereocenters. The zero-order valence-electron chi connectivity index (χ0n) is 20.4. The Morgan fingerprint density at radius 2 is 1.53 bits per heavy atom. The molecule has 0 fully saturated rings. The van der Waals surface area contributed by atoms with Crippen LogP contribution >= 0.6 is 11.6 Å². The molecular formula is C25H34ClN3O4S. The fourth-order valence-electron chi connectivity index (χ4n) is 3.35. The van der Waals surface area contributed by atoms with Gasteiger partial charge in [0.2, 0.25) is 21.8 Å². The van der Waals surface area contributed by atoms with Crippen LogP contribution in [-0.4, -0.2) is 50.0 Å². The average molecular weight is 508 g/mol. The number of anilines is 1. The second kappa shape index (κ2) is 12.2. The summed E-state index contributed by atoms with van der Waals surface area (Å²) < 4.78 is 26.3. The van der Waals surface area contributed by atoms with E-state index < -0.39 is 28.5 Å². The largest absolute Gasteiger partial charge is 0.352 e. The first kappa shape index (κ1) is 27.7. The number of carbonyl (C=O) groups is 2. The van der Waals surface area contributed by atoms with Crippen LogP contribution in [0.25, 0.3) is 0 Å². The maximum absolute atomic E-state index is 13.5. The van der Waals surface area contributed by atoms with Crippen LogP contribution in [0.2, 0.25) is 5.02 Å². The van der Waals surface area contributed by atoms with Crippen molar-refractivity contribution < 1.29 is 18.0 Å². The van der Waals surface area contributed by atoms with E-state index in [9.17, 15) is 18.0 Å². The van der Waals surface area contributed by atoms with Crippen LogP contribution in [-0.2, 0) is 32.6 Å². The number of rotatable bonds is 11. The fraction of sp³-hybridized carbons (Fsp3) is 0.440. The first-order valence-electron chi connectivity index (χ1n) is 11.4. The highest BCUT2D eigenvalue weighted by Crippen LogP contribution is 2.20. The number of sulfonamides is 1. The van der Waals surface area contributed by atoms with E-state index in [4.69, 9.17) is 11.6 Å². The highest BCUT2D eigenvalue weighted by atomic mass is 35.5. The van der Waals surface area contributed by atoms with Gasteiger partial charge in [-0.2, -0.15) is 0 Å². The SMILES string of the molecule is CCc1ccc(N(CC(=O)N(Cc2ccc(Cl)cc2)[C@H](C)C(=O)N[C@@H](C)CC)S(C)(=O)=O)cc1. The van der Waals surface area contributed by atoms with Gasteiger partial charge in [0.1, 0.15) is 12.6 Å². The van der Waals surface area contributed by atoms with Crippen LogP contribution in [0, 0.1) is 0 Å². The second-order valence-corrected chi connectivity index (χ2v) is 10.8. The van der Waals surface area contributed by atoms with Crippen molar-refractivity contribution in [2.24, 2.45) is 0 Å². The van der Waals surface area contributed by atoms with Crippen LogP contribution in [0.5, 0.6) is 0 Å². The molecule has 2 aromatic rings. The first-order chi connectivity index (χ1) is 16.0. The Morgan fingerprint density at radius 1 is 0.971 bits per heavy atom. The van der Waals surface area contributed by atoms with Gasteiger partial charge in [-0.05, 0) is 62.1 Å². The van der Waals surface area contributed by atoms with E-state index in [1.54, 1.807) is 43.3 Å². The van der Waals surface area contributed by atoms with Gasteiger partial charge in [0.15, 0.2) is 0 Å². The van der Waals surface area contributed by atoms with Gasteiger partial charge in [-0.25, -0.2) is 8.42 Å². The number of amides is 2. The van der Waals surface area contributed by atoms with E-state index >= 15 is 0 Å². The summed E-state index contributed by atoms with van der Waals surface area (Å²) >= 11 is 5.99. The van der Waals surface area contributed by atoms with Crippen LogP contribution in [0.3, 0.4) is 0 Å². The minimum atomic E-state index is -3.75. The molecular weight excluding hydrogens is 474 g/mol. The summed E-state index contributed by atoms with van der Waals surface area (Å²) in [5, 5.41) is 3.46. The normalized spacial score (nSPS) is 13.1. The highest BCUT2D eigenvalue weighted by molar-refractivity contribution is 7.92. The molecule has 34 heavy (non-hydrogen) atoms. The molecule has 0 saturated heterocycles. The van der Waals surface area contributed by atoms with Crippen molar-refractivity contribution in [3.63, 3.8) is 0 Å². The molecule has 0 heterocycles. The van der Waals surface area contributed by atoms with Crippen molar-refractivity contribution in [3.05, 3.63) is 64.7 Å². The molecule has 0 radical (unpaired) electrons. The smallest absolute Gasteiger partial charge is 0.244 e. The van der Waals surface area contributed by atoms with Crippen molar-refractivity contribution in [2.75, 3.05) is 17.1 Å². The number of nitrogens with one attached hydrogen (secondary N) is 1. The summed E-state index contributed by atoms with van der Waals surface area (Å²) in [6.45, 7) is 7.22. The summed E-state index contributed by atoms with van der Waals surface area (Å²) in [5.74, 6) is -0.776. The number of hydrogen-bond donors (Lipinski definition) is 1. The molecule has 2 rings (SSSR count). The molecule has 0 unspecified atom stereocenters. The third kappa shape index (κ3) is 7.74. The molecule has 0 aliphatic heterocycles. The average Bonchev–Trinajstić information content (AvgIpc) is 2.80. The lowest BCUT2D eigenvalue weighted by Crippen LogP contribution is -2.52. The van der Waals surface area contributed by atoms with Crippen molar-refractivity contribution in [3.8, 4) is 0 Å². The molecule has 0 spiro atoms. The van der Waals surface area contributed by atoms with Crippen molar-refractivity contribution in [2.45, 2.75) is 59.2 Å². The molecule has 9 heteroatoms. The molecule has 0 aliphatic rings. The Bertz CT molecular complexity index is 1070. The Kier molecular flexibility index (Phi) is 9.94. The molecule has 2 aromatic carbocycles. The number of carbonyl (C=O) groups excluding carboxylic acids is 2. The van der Waals surface area contributed by atoms with E-state index in [1.807, 2.05) is 32.9 Å². The zero-order chi connectivity index (χ0) is 25.5. The Labute approximate surface area is 208 Å². The lowest BCUT2D eigenvalue weighted by molar-refractivity contribution is -0.139. The van der Waals surface area contributed by atoms with E-state index in [0.29, 0.717) is 10.7 Å². The molecule has 1 N–H and O–H groups in total. The predicted molar refractivity (Wildman–Crippen MR) is 137 cm³/mol. The monoisotopic (exact) mass is 507 g/mol. The summed E-state index contributed by atoms with van der Waals surface area (Å²) in [6, 6.07) is 13.2. The summed E-state index contributed by atoms with van der Waals surface area (Å²) in [7, 11) is -3.75. The number of nitrogens with zero attached hydrogens (tertiary/aromatic N) is 2. The topological polar surface area (TPSA) is 86.8 Å². The van der Waals surface area contributed by atoms with Gasteiger partial charge in [0.25, 0.3) is 0 Å². The first-order valence-corrected chi connectivity index (χ1v) is 13.6. The van der Waals surface area contributed by atoms with Gasteiger partial charge < -0.3 is 10.2 Å². The Morgan fingerprint density at radius 3 is 2.03 bits per heavy atom. The van der Waals surface area contributed by atoms with E-state index in [2.05, 4.69) is 5.32 Å². The van der Waals surface area contributed by atoms with Crippen LogP contribution < -0.4 is 9.62 Å². The maximum atomic E-state index is 13.5. The third-order valence-corrected chi connectivity index (χ3v) is 7.14. The van der Waals surface area contributed by atoms with Gasteiger partial charge in [-0.1, -0.05) is 49.7 Å². The predicted octanol–water partition coefficient (Wildman–Crippen LogP) is 4.00. The highest BCUT2D eigenvalue weighted by Gasteiger charge is 2.30. The third-order valence-electron chi connectivity index (χ3n) is 5.75.